The lowest BCUT2D eigenvalue weighted by molar-refractivity contribution is -0.140. The molecule has 1 unspecified atom stereocenters. The second kappa shape index (κ2) is 5.15. The van der Waals surface area contributed by atoms with Gasteiger partial charge in [0.25, 0.3) is 0 Å². The van der Waals surface area contributed by atoms with E-state index in [-0.39, 0.29) is 5.56 Å². The summed E-state index contributed by atoms with van der Waals surface area (Å²) in [6.45, 7) is 3.55. The van der Waals surface area contributed by atoms with Crippen molar-refractivity contribution in [1.82, 2.24) is 0 Å². The molecule has 0 aromatic heterocycles. The molecule has 0 spiro atoms. The van der Waals surface area contributed by atoms with Gasteiger partial charge in [-0.05, 0) is 37.1 Å². The van der Waals surface area contributed by atoms with Gasteiger partial charge in [0.05, 0.1) is 11.1 Å². The van der Waals surface area contributed by atoms with E-state index in [2.05, 4.69) is 0 Å². The van der Waals surface area contributed by atoms with E-state index in [1.54, 1.807) is 19.1 Å². The minimum atomic E-state index is -4.71. The van der Waals surface area contributed by atoms with E-state index in [0.29, 0.717) is 5.56 Å². The van der Waals surface area contributed by atoms with E-state index in [1.807, 2.05) is 19.1 Å². The molecule has 0 aliphatic rings. The highest BCUT2D eigenvalue weighted by molar-refractivity contribution is 5.40. The number of alkyl halides is 3. The Morgan fingerprint density at radius 1 is 0.905 bits per heavy atom. The van der Waals surface area contributed by atoms with Gasteiger partial charge in [0.15, 0.2) is 0 Å². The molecule has 0 amide bonds. The molecule has 0 heterocycles. The molecular weight excluding hydrogens is 282 g/mol. The average Bonchev–Trinajstić information content (AvgIpc) is 2.37. The van der Waals surface area contributed by atoms with Crippen LogP contribution in [0.25, 0.3) is 0 Å². The second-order valence-electron chi connectivity index (χ2n) is 5.26. The zero-order valence-corrected chi connectivity index (χ0v) is 11.6. The van der Waals surface area contributed by atoms with E-state index >= 15 is 0 Å². The van der Waals surface area contributed by atoms with Crippen molar-refractivity contribution in [3.8, 4) is 0 Å². The van der Waals surface area contributed by atoms with Crippen LogP contribution in [0.1, 0.15) is 29.2 Å². The minimum absolute atomic E-state index is 0.289. The lowest BCUT2D eigenvalue weighted by Gasteiger charge is -2.26. The Balaban J connectivity index is 2.46. The van der Waals surface area contributed by atoms with Gasteiger partial charge in [-0.1, -0.05) is 35.9 Å². The van der Waals surface area contributed by atoms with Crippen molar-refractivity contribution < 1.29 is 17.6 Å². The topological polar surface area (TPSA) is 26.0 Å². The first-order valence-electron chi connectivity index (χ1n) is 6.35. The highest BCUT2D eigenvalue weighted by atomic mass is 19.4. The predicted molar refractivity (Wildman–Crippen MR) is 73.2 cm³/mol. The van der Waals surface area contributed by atoms with E-state index < -0.39 is 23.1 Å². The molecule has 5 heteroatoms. The lowest BCUT2D eigenvalue weighted by atomic mass is 9.85. The van der Waals surface area contributed by atoms with E-state index in [4.69, 9.17) is 5.73 Å². The minimum Gasteiger partial charge on any atom is -0.318 e. The zero-order valence-electron chi connectivity index (χ0n) is 11.6. The molecule has 21 heavy (non-hydrogen) atoms. The summed E-state index contributed by atoms with van der Waals surface area (Å²) in [6.07, 6.45) is -4.71. The first-order valence-corrected chi connectivity index (χ1v) is 6.35. The first kappa shape index (κ1) is 15.5. The van der Waals surface area contributed by atoms with Crippen molar-refractivity contribution in [2.24, 2.45) is 5.73 Å². The van der Waals surface area contributed by atoms with Crippen LogP contribution in [0.3, 0.4) is 0 Å². The number of hydrogen-bond acceptors (Lipinski definition) is 1. The molecular formula is C16H15F4N. The number of nitrogens with two attached hydrogens (primary N) is 1. The fraction of sp³-hybridized carbons (Fsp3) is 0.250. The van der Waals surface area contributed by atoms with E-state index in [9.17, 15) is 17.6 Å². The summed E-state index contributed by atoms with van der Waals surface area (Å²) in [7, 11) is 0. The normalized spacial score (nSPS) is 14.8. The first-order chi connectivity index (χ1) is 9.62. The van der Waals surface area contributed by atoms with Crippen molar-refractivity contribution in [1.29, 1.82) is 0 Å². The quantitative estimate of drug-likeness (QED) is 0.818. The van der Waals surface area contributed by atoms with Gasteiger partial charge < -0.3 is 5.73 Å². The van der Waals surface area contributed by atoms with Gasteiger partial charge in [-0.3, -0.25) is 0 Å². The largest absolute Gasteiger partial charge is 0.419 e. The average molecular weight is 297 g/mol. The molecule has 0 bridgehead atoms. The molecule has 2 aromatic carbocycles. The molecule has 0 saturated heterocycles. The van der Waals surface area contributed by atoms with Gasteiger partial charge in [0.1, 0.15) is 5.82 Å². The number of halogens is 4. The summed E-state index contributed by atoms with van der Waals surface area (Å²) >= 11 is 0. The third-order valence-corrected chi connectivity index (χ3v) is 3.53. The van der Waals surface area contributed by atoms with Gasteiger partial charge in [-0.25, -0.2) is 4.39 Å². The number of hydrogen-bond donors (Lipinski definition) is 1. The number of rotatable bonds is 2. The Bertz CT molecular complexity index is 642. The van der Waals surface area contributed by atoms with Crippen LogP contribution < -0.4 is 5.73 Å². The monoisotopic (exact) mass is 297 g/mol. The van der Waals surface area contributed by atoms with Crippen molar-refractivity contribution in [2.75, 3.05) is 0 Å². The standard InChI is InChI=1S/C16H15F4N/c1-10-3-5-11(6-4-10)15(2,21)12-7-8-13(14(17)9-12)16(18,19)20/h3-9H,21H2,1-2H3. The molecule has 1 nitrogen and oxygen atoms in total. The summed E-state index contributed by atoms with van der Waals surface area (Å²) in [5, 5.41) is 0. The number of benzene rings is 2. The van der Waals surface area contributed by atoms with Crippen molar-refractivity contribution in [3.05, 3.63) is 70.5 Å². The van der Waals surface area contributed by atoms with E-state index in [1.165, 1.54) is 6.07 Å². The molecule has 112 valence electrons. The smallest absolute Gasteiger partial charge is 0.318 e. The van der Waals surface area contributed by atoms with Crippen LogP contribution >= 0.6 is 0 Å². The van der Waals surface area contributed by atoms with Gasteiger partial charge >= 0.3 is 6.18 Å². The van der Waals surface area contributed by atoms with Gasteiger partial charge in [0, 0.05) is 0 Å². The van der Waals surface area contributed by atoms with Crippen molar-refractivity contribution >= 4 is 0 Å². The van der Waals surface area contributed by atoms with Crippen LogP contribution in [0.5, 0.6) is 0 Å². The molecule has 0 saturated carbocycles. The maximum Gasteiger partial charge on any atom is 0.419 e. The fourth-order valence-electron chi connectivity index (χ4n) is 2.13. The van der Waals surface area contributed by atoms with Crippen molar-refractivity contribution in [3.63, 3.8) is 0 Å². The molecule has 2 N–H and O–H groups in total. The SMILES string of the molecule is Cc1ccc(C(C)(N)c2ccc(C(F)(F)F)c(F)c2)cc1. The summed E-state index contributed by atoms with van der Waals surface area (Å²) in [6, 6.07) is 10.1. The van der Waals surface area contributed by atoms with Crippen LogP contribution in [0, 0.1) is 12.7 Å². The lowest BCUT2D eigenvalue weighted by Crippen LogP contribution is -2.34. The molecule has 0 aliphatic heterocycles. The summed E-state index contributed by atoms with van der Waals surface area (Å²) in [5.74, 6) is -1.32. The highest BCUT2D eigenvalue weighted by Gasteiger charge is 2.35. The molecule has 2 rings (SSSR count). The Labute approximate surface area is 120 Å². The fourth-order valence-corrected chi connectivity index (χ4v) is 2.13. The van der Waals surface area contributed by atoms with Crippen LogP contribution in [-0.4, -0.2) is 0 Å². The van der Waals surface area contributed by atoms with Crippen LogP contribution in [-0.2, 0) is 11.7 Å². The third-order valence-electron chi connectivity index (χ3n) is 3.53. The van der Waals surface area contributed by atoms with Gasteiger partial charge in [-0.2, -0.15) is 13.2 Å². The Kier molecular flexibility index (Phi) is 3.80. The number of aryl methyl sites for hydroxylation is 1. The highest BCUT2D eigenvalue weighted by Crippen LogP contribution is 2.34. The molecule has 0 radical (unpaired) electrons. The van der Waals surface area contributed by atoms with Crippen molar-refractivity contribution in [2.45, 2.75) is 25.6 Å². The van der Waals surface area contributed by atoms with Crippen LogP contribution in [0.15, 0.2) is 42.5 Å². The zero-order chi connectivity index (χ0) is 15.8. The molecule has 0 fully saturated rings. The Morgan fingerprint density at radius 3 is 1.90 bits per heavy atom. The summed E-state index contributed by atoms with van der Waals surface area (Å²) < 4.78 is 51.4. The third kappa shape index (κ3) is 3.08. The molecule has 1 atom stereocenters. The predicted octanol–water partition coefficient (Wildman–Crippen LogP) is 4.38. The van der Waals surface area contributed by atoms with Gasteiger partial charge in [-0.15, -0.1) is 0 Å². The summed E-state index contributed by atoms with van der Waals surface area (Å²) in [5.41, 5.74) is 5.86. The summed E-state index contributed by atoms with van der Waals surface area (Å²) in [4.78, 5) is 0. The molecule has 0 aliphatic carbocycles. The molecule has 2 aromatic rings. The maximum absolute atomic E-state index is 13.7. The Morgan fingerprint density at radius 2 is 1.43 bits per heavy atom. The Hall–Kier alpha value is -1.88. The van der Waals surface area contributed by atoms with E-state index in [0.717, 1.165) is 17.7 Å². The van der Waals surface area contributed by atoms with Crippen LogP contribution in [0.2, 0.25) is 0 Å². The maximum atomic E-state index is 13.7. The second-order valence-corrected chi connectivity index (χ2v) is 5.26. The van der Waals surface area contributed by atoms with Crippen LogP contribution in [0.4, 0.5) is 17.6 Å². The van der Waals surface area contributed by atoms with Gasteiger partial charge in [0.2, 0.25) is 0 Å².